The Balaban J connectivity index is 2.30. The molecule has 4 nitrogen and oxygen atoms in total. The molecule has 102 valence electrons. The van der Waals surface area contributed by atoms with E-state index in [1.54, 1.807) is 7.11 Å². The lowest BCUT2D eigenvalue weighted by molar-refractivity contribution is -0.136. The van der Waals surface area contributed by atoms with Crippen LogP contribution >= 0.6 is 0 Å². The van der Waals surface area contributed by atoms with Crippen LogP contribution < -0.4 is 15.2 Å². The molecule has 20 heavy (non-hydrogen) atoms. The summed E-state index contributed by atoms with van der Waals surface area (Å²) < 4.78 is 11.0. The van der Waals surface area contributed by atoms with Crippen LogP contribution in [0.3, 0.4) is 0 Å². The lowest BCUT2D eigenvalue weighted by atomic mass is 9.97. The van der Waals surface area contributed by atoms with Crippen molar-refractivity contribution in [2.24, 2.45) is 0 Å². The Morgan fingerprint density at radius 2 is 2.20 bits per heavy atom. The molecular weight excluding hydrogens is 256 g/mol. The Bertz CT molecular complexity index is 740. The van der Waals surface area contributed by atoms with Gasteiger partial charge in [-0.3, -0.25) is 4.79 Å². The molecule has 0 aromatic heterocycles. The Hall–Kier alpha value is -2.49. The van der Waals surface area contributed by atoms with Crippen LogP contribution in [0.25, 0.3) is 11.3 Å². The number of carbonyl (C=O) groups is 1. The van der Waals surface area contributed by atoms with Gasteiger partial charge in [0.1, 0.15) is 24.0 Å². The molecule has 1 unspecified atom stereocenters. The number of ether oxygens (including phenoxy) is 2. The molecule has 0 fully saturated rings. The number of carboxylic acid groups (broad SMARTS) is 1. The number of methoxy groups -OCH3 is 1. The summed E-state index contributed by atoms with van der Waals surface area (Å²) in [5.74, 6) is 0.247. The maximum absolute atomic E-state index is 11.0. The van der Waals surface area contributed by atoms with Gasteiger partial charge >= 0.3 is 5.97 Å². The summed E-state index contributed by atoms with van der Waals surface area (Å²) in [6, 6.07) is 5.64. The number of hydrogen-bond acceptors (Lipinski definition) is 3. The molecule has 1 aliphatic heterocycles. The zero-order chi connectivity index (χ0) is 14.1. The van der Waals surface area contributed by atoms with Crippen LogP contribution in [0.1, 0.15) is 6.42 Å². The molecule has 1 aromatic rings. The summed E-state index contributed by atoms with van der Waals surface area (Å²) in [7, 11) is 1.58. The third kappa shape index (κ3) is 2.09. The summed E-state index contributed by atoms with van der Waals surface area (Å²) in [5, 5.41) is 10.8. The van der Waals surface area contributed by atoms with Gasteiger partial charge in [0.25, 0.3) is 0 Å². The van der Waals surface area contributed by atoms with Gasteiger partial charge in [-0.2, -0.15) is 0 Å². The largest absolute Gasteiger partial charge is 0.497 e. The van der Waals surface area contributed by atoms with E-state index >= 15 is 0 Å². The molecule has 3 rings (SSSR count). The molecule has 0 saturated heterocycles. The first kappa shape index (κ1) is 12.5. The van der Waals surface area contributed by atoms with Crippen LogP contribution in [0.4, 0.5) is 0 Å². The lowest BCUT2D eigenvalue weighted by Crippen LogP contribution is -2.38. The topological polar surface area (TPSA) is 55.8 Å². The zero-order valence-electron chi connectivity index (χ0n) is 11.0. The van der Waals surface area contributed by atoms with Gasteiger partial charge in [-0.05, 0) is 23.4 Å². The molecule has 0 spiro atoms. The molecule has 1 aromatic carbocycles. The van der Waals surface area contributed by atoms with Gasteiger partial charge in [0.2, 0.25) is 0 Å². The maximum atomic E-state index is 11.0. The zero-order valence-corrected chi connectivity index (χ0v) is 11.0. The van der Waals surface area contributed by atoms with Crippen molar-refractivity contribution in [1.29, 1.82) is 0 Å². The van der Waals surface area contributed by atoms with E-state index in [2.05, 4.69) is 0 Å². The Morgan fingerprint density at radius 3 is 2.95 bits per heavy atom. The van der Waals surface area contributed by atoms with E-state index in [9.17, 15) is 4.79 Å². The molecule has 1 aliphatic carbocycles. The van der Waals surface area contributed by atoms with Crippen LogP contribution in [-0.4, -0.2) is 24.3 Å². The summed E-state index contributed by atoms with van der Waals surface area (Å²) in [5.41, 5.74) is 1.04. The number of rotatable bonds is 3. The van der Waals surface area contributed by atoms with E-state index < -0.39 is 5.97 Å². The minimum Gasteiger partial charge on any atom is -0.497 e. The van der Waals surface area contributed by atoms with Crippen molar-refractivity contribution >= 4 is 17.3 Å². The minimum absolute atomic E-state index is 0.137. The predicted octanol–water partition coefficient (Wildman–Crippen LogP) is 0.954. The fraction of sp³-hybridized carbons (Fsp3) is 0.188. The second-order valence-electron chi connectivity index (χ2n) is 4.64. The van der Waals surface area contributed by atoms with Crippen LogP contribution in [-0.2, 0) is 9.53 Å². The van der Waals surface area contributed by atoms with Gasteiger partial charge in [0.15, 0.2) is 0 Å². The van der Waals surface area contributed by atoms with Crippen molar-refractivity contribution in [2.75, 3.05) is 7.11 Å². The monoisotopic (exact) mass is 270 g/mol. The highest BCUT2D eigenvalue weighted by atomic mass is 16.5. The number of allylic oxidation sites excluding steroid dienone is 2. The molecule has 0 saturated carbocycles. The summed E-state index contributed by atoms with van der Waals surface area (Å²) >= 11 is 0. The van der Waals surface area contributed by atoms with Crippen molar-refractivity contribution in [3.8, 4) is 5.75 Å². The van der Waals surface area contributed by atoms with E-state index in [1.807, 2.05) is 42.5 Å². The Kier molecular flexibility index (Phi) is 3.06. The average Bonchev–Trinajstić information content (AvgIpc) is 2.46. The lowest BCUT2D eigenvalue weighted by Gasteiger charge is -2.25. The smallest absolute Gasteiger partial charge is 0.311 e. The minimum atomic E-state index is -0.910. The third-order valence-electron chi connectivity index (χ3n) is 3.40. The molecule has 1 N–H and O–H groups in total. The standard InChI is InChI=1S/C16H14O4/c1-19-10-6-7-11-12-4-2-3-5-14(12)20-15(9-16(17)18)13(11)8-10/h2-8,14H,9H2,1H3,(H,17,18). The van der Waals surface area contributed by atoms with E-state index in [4.69, 9.17) is 14.6 Å². The number of benzene rings is 1. The molecule has 2 aliphatic rings. The van der Waals surface area contributed by atoms with Crippen molar-refractivity contribution in [1.82, 2.24) is 0 Å². The molecule has 1 atom stereocenters. The average molecular weight is 270 g/mol. The summed E-state index contributed by atoms with van der Waals surface area (Å²) in [6.07, 6.45) is 7.42. The summed E-state index contributed by atoms with van der Waals surface area (Å²) in [4.78, 5) is 11.0. The fourth-order valence-corrected chi connectivity index (χ4v) is 2.49. The fourth-order valence-electron chi connectivity index (χ4n) is 2.49. The predicted molar refractivity (Wildman–Crippen MR) is 74.5 cm³/mol. The second-order valence-corrected chi connectivity index (χ2v) is 4.64. The first-order chi connectivity index (χ1) is 9.69. The first-order valence-corrected chi connectivity index (χ1v) is 6.34. The quantitative estimate of drug-likeness (QED) is 0.888. The van der Waals surface area contributed by atoms with Gasteiger partial charge in [0, 0.05) is 10.8 Å². The highest BCUT2D eigenvalue weighted by Crippen LogP contribution is 2.22. The first-order valence-electron chi connectivity index (χ1n) is 6.34. The number of aliphatic carboxylic acids is 1. The molecule has 4 heteroatoms. The number of fused-ring (bicyclic) bond motifs is 2. The number of carboxylic acids is 1. The number of hydrogen-bond donors (Lipinski definition) is 1. The Morgan fingerprint density at radius 1 is 1.35 bits per heavy atom. The van der Waals surface area contributed by atoms with Crippen LogP contribution in [0, 0.1) is 0 Å². The van der Waals surface area contributed by atoms with Crippen molar-refractivity contribution in [3.63, 3.8) is 0 Å². The molecule has 1 heterocycles. The van der Waals surface area contributed by atoms with E-state index in [0.29, 0.717) is 11.5 Å². The second kappa shape index (κ2) is 4.89. The van der Waals surface area contributed by atoms with E-state index in [-0.39, 0.29) is 12.5 Å². The van der Waals surface area contributed by atoms with Gasteiger partial charge in [0.05, 0.1) is 7.11 Å². The Labute approximate surface area is 115 Å². The molecular formula is C16H14O4. The van der Waals surface area contributed by atoms with Gasteiger partial charge in [-0.25, -0.2) is 0 Å². The maximum Gasteiger partial charge on any atom is 0.311 e. The molecule has 0 amide bonds. The van der Waals surface area contributed by atoms with Crippen molar-refractivity contribution < 1.29 is 19.4 Å². The van der Waals surface area contributed by atoms with Crippen LogP contribution in [0.2, 0.25) is 0 Å². The highest BCUT2D eigenvalue weighted by molar-refractivity contribution is 5.78. The van der Waals surface area contributed by atoms with Gasteiger partial charge < -0.3 is 14.6 Å². The van der Waals surface area contributed by atoms with Crippen LogP contribution in [0.5, 0.6) is 5.75 Å². The van der Waals surface area contributed by atoms with Crippen molar-refractivity contribution in [2.45, 2.75) is 12.5 Å². The highest BCUT2D eigenvalue weighted by Gasteiger charge is 2.22. The SMILES string of the molecule is COc1ccc2c(c1)=C(CC(=O)O)OC1C=CC=CC=21. The third-order valence-corrected chi connectivity index (χ3v) is 3.40. The normalized spacial score (nSPS) is 19.1. The molecule has 0 bridgehead atoms. The molecule has 0 radical (unpaired) electrons. The van der Waals surface area contributed by atoms with E-state index in [0.717, 1.165) is 16.0 Å². The van der Waals surface area contributed by atoms with Gasteiger partial charge in [-0.1, -0.05) is 24.3 Å². The van der Waals surface area contributed by atoms with Gasteiger partial charge in [-0.15, -0.1) is 0 Å². The van der Waals surface area contributed by atoms with E-state index in [1.165, 1.54) is 0 Å². The van der Waals surface area contributed by atoms with Crippen LogP contribution in [0.15, 0.2) is 42.5 Å². The van der Waals surface area contributed by atoms with Crippen molar-refractivity contribution in [3.05, 3.63) is 52.9 Å². The summed E-state index contributed by atoms with van der Waals surface area (Å²) in [6.45, 7) is 0.